The Morgan fingerprint density at radius 1 is 1.28 bits per heavy atom. The van der Waals surface area contributed by atoms with Crippen molar-refractivity contribution in [3.63, 3.8) is 0 Å². The summed E-state index contributed by atoms with van der Waals surface area (Å²) in [6, 6.07) is 4.32. The molecule has 1 heterocycles. The number of aromatic nitrogens is 1. The number of nitrogens with one attached hydrogen (secondary N) is 1. The van der Waals surface area contributed by atoms with Gasteiger partial charge in [0.2, 0.25) is 0 Å². The van der Waals surface area contributed by atoms with Crippen LogP contribution in [0.15, 0.2) is 24.5 Å². The normalized spacial score (nSPS) is 19.4. The summed E-state index contributed by atoms with van der Waals surface area (Å²) in [6.45, 7) is 4.35. The summed E-state index contributed by atoms with van der Waals surface area (Å²) in [5, 5.41) is 3.54. The number of hydrogen-bond donors (Lipinski definition) is 1. The second-order valence-electron chi connectivity index (χ2n) is 5.45. The van der Waals surface area contributed by atoms with Gasteiger partial charge in [0.25, 0.3) is 0 Å². The molecule has 100 valence electrons. The van der Waals surface area contributed by atoms with Gasteiger partial charge in [-0.3, -0.25) is 4.98 Å². The van der Waals surface area contributed by atoms with Crippen molar-refractivity contribution >= 4 is 0 Å². The summed E-state index contributed by atoms with van der Waals surface area (Å²) >= 11 is 0. The summed E-state index contributed by atoms with van der Waals surface area (Å²) in [6.07, 6.45) is 12.4. The second-order valence-corrected chi connectivity index (χ2v) is 5.45. The average Bonchev–Trinajstić information content (AvgIpc) is 2.70. The summed E-state index contributed by atoms with van der Waals surface area (Å²) < 4.78 is 0. The summed E-state index contributed by atoms with van der Waals surface area (Å²) in [5.74, 6) is 1.49. The highest BCUT2D eigenvalue weighted by molar-refractivity contribution is 5.16. The monoisotopic (exact) mass is 246 g/mol. The van der Waals surface area contributed by atoms with E-state index in [0.29, 0.717) is 5.92 Å². The molecule has 0 saturated heterocycles. The molecule has 18 heavy (non-hydrogen) atoms. The molecule has 1 aromatic rings. The van der Waals surface area contributed by atoms with E-state index in [2.05, 4.69) is 35.6 Å². The Labute approximate surface area is 111 Å². The van der Waals surface area contributed by atoms with Crippen LogP contribution in [0.2, 0.25) is 0 Å². The molecular weight excluding hydrogens is 220 g/mol. The van der Waals surface area contributed by atoms with E-state index in [1.807, 2.05) is 6.20 Å². The number of hydrogen-bond acceptors (Lipinski definition) is 2. The van der Waals surface area contributed by atoms with E-state index >= 15 is 0 Å². The predicted molar refractivity (Wildman–Crippen MR) is 76.7 cm³/mol. The molecule has 0 aromatic carbocycles. The van der Waals surface area contributed by atoms with Crippen LogP contribution in [0, 0.1) is 5.92 Å². The molecule has 0 bridgehead atoms. The SMILES string of the molecule is CCNCC(c1cccnc1)C1CCCCCC1. The zero-order chi connectivity index (χ0) is 12.6. The fourth-order valence-electron chi connectivity index (χ4n) is 3.17. The van der Waals surface area contributed by atoms with Gasteiger partial charge >= 0.3 is 0 Å². The zero-order valence-electron chi connectivity index (χ0n) is 11.6. The van der Waals surface area contributed by atoms with Gasteiger partial charge in [-0.25, -0.2) is 0 Å². The minimum Gasteiger partial charge on any atom is -0.316 e. The van der Waals surface area contributed by atoms with Gasteiger partial charge in [-0.2, -0.15) is 0 Å². The van der Waals surface area contributed by atoms with Crippen molar-refractivity contribution in [2.24, 2.45) is 5.92 Å². The van der Waals surface area contributed by atoms with Crippen molar-refractivity contribution in [1.82, 2.24) is 10.3 Å². The summed E-state index contributed by atoms with van der Waals surface area (Å²) in [7, 11) is 0. The molecule has 0 spiro atoms. The maximum Gasteiger partial charge on any atom is 0.0303 e. The van der Waals surface area contributed by atoms with E-state index in [-0.39, 0.29) is 0 Å². The zero-order valence-corrected chi connectivity index (χ0v) is 11.6. The highest BCUT2D eigenvalue weighted by Crippen LogP contribution is 2.34. The average molecular weight is 246 g/mol. The van der Waals surface area contributed by atoms with Crippen molar-refractivity contribution in [2.75, 3.05) is 13.1 Å². The lowest BCUT2D eigenvalue weighted by Crippen LogP contribution is -2.26. The quantitative estimate of drug-likeness (QED) is 0.800. The highest BCUT2D eigenvalue weighted by Gasteiger charge is 2.23. The first-order valence-corrected chi connectivity index (χ1v) is 7.52. The molecule has 1 atom stereocenters. The molecule has 1 saturated carbocycles. The molecule has 0 amide bonds. The van der Waals surface area contributed by atoms with E-state index < -0.39 is 0 Å². The first-order chi connectivity index (χ1) is 8.92. The molecule has 0 aliphatic heterocycles. The highest BCUT2D eigenvalue weighted by atomic mass is 14.8. The molecular formula is C16H26N2. The summed E-state index contributed by atoms with van der Waals surface area (Å²) in [5.41, 5.74) is 1.42. The van der Waals surface area contributed by atoms with Crippen LogP contribution in [-0.2, 0) is 0 Å². The second kappa shape index (κ2) is 7.52. The molecule has 2 rings (SSSR count). The first-order valence-electron chi connectivity index (χ1n) is 7.52. The van der Waals surface area contributed by atoms with Gasteiger partial charge in [0.1, 0.15) is 0 Å². The predicted octanol–water partition coefficient (Wildman–Crippen LogP) is 3.75. The van der Waals surface area contributed by atoms with E-state index in [4.69, 9.17) is 0 Å². The smallest absolute Gasteiger partial charge is 0.0303 e. The number of rotatable bonds is 5. The number of pyridine rings is 1. The molecule has 1 N–H and O–H groups in total. The van der Waals surface area contributed by atoms with Crippen molar-refractivity contribution in [3.8, 4) is 0 Å². The van der Waals surface area contributed by atoms with Crippen LogP contribution in [0.4, 0.5) is 0 Å². The van der Waals surface area contributed by atoms with Crippen molar-refractivity contribution < 1.29 is 0 Å². The third-order valence-electron chi connectivity index (χ3n) is 4.20. The van der Waals surface area contributed by atoms with Crippen LogP contribution < -0.4 is 5.32 Å². The number of likely N-dealkylation sites (N-methyl/N-ethyl adjacent to an activating group) is 1. The first kappa shape index (κ1) is 13.5. The Morgan fingerprint density at radius 2 is 2.06 bits per heavy atom. The molecule has 1 unspecified atom stereocenters. The molecule has 2 heteroatoms. The topological polar surface area (TPSA) is 24.9 Å². The maximum absolute atomic E-state index is 4.30. The third-order valence-corrected chi connectivity index (χ3v) is 4.20. The Balaban J connectivity index is 2.08. The maximum atomic E-state index is 4.30. The van der Waals surface area contributed by atoms with Crippen molar-refractivity contribution in [1.29, 1.82) is 0 Å². The lowest BCUT2D eigenvalue weighted by molar-refractivity contribution is 0.362. The Bertz CT molecular complexity index is 315. The van der Waals surface area contributed by atoms with Gasteiger partial charge in [0, 0.05) is 24.9 Å². The summed E-state index contributed by atoms with van der Waals surface area (Å²) in [4.78, 5) is 4.30. The lowest BCUT2D eigenvalue weighted by atomic mass is 9.82. The van der Waals surface area contributed by atoms with Crippen LogP contribution in [0.3, 0.4) is 0 Å². The van der Waals surface area contributed by atoms with Crippen LogP contribution in [-0.4, -0.2) is 18.1 Å². The van der Waals surface area contributed by atoms with Crippen LogP contribution in [0.1, 0.15) is 56.9 Å². The number of nitrogens with zero attached hydrogens (tertiary/aromatic N) is 1. The van der Waals surface area contributed by atoms with E-state index in [9.17, 15) is 0 Å². The largest absolute Gasteiger partial charge is 0.316 e. The molecule has 0 radical (unpaired) electrons. The minimum atomic E-state index is 0.650. The molecule has 1 aromatic heterocycles. The van der Waals surface area contributed by atoms with Gasteiger partial charge in [-0.15, -0.1) is 0 Å². The Kier molecular flexibility index (Phi) is 5.66. The standard InChI is InChI=1S/C16H26N2/c1-2-17-13-16(15-10-7-11-18-12-15)14-8-5-3-4-6-9-14/h7,10-12,14,16-17H,2-6,8-9,13H2,1H3. The van der Waals surface area contributed by atoms with Crippen LogP contribution in [0.5, 0.6) is 0 Å². The molecule has 2 nitrogen and oxygen atoms in total. The molecule has 1 fully saturated rings. The van der Waals surface area contributed by atoms with E-state index in [0.717, 1.165) is 19.0 Å². The molecule has 1 aliphatic carbocycles. The van der Waals surface area contributed by atoms with Gasteiger partial charge in [-0.1, -0.05) is 38.7 Å². The lowest BCUT2D eigenvalue weighted by Gasteiger charge is -2.26. The Hall–Kier alpha value is -0.890. The van der Waals surface area contributed by atoms with Gasteiger partial charge in [0.15, 0.2) is 0 Å². The van der Waals surface area contributed by atoms with E-state index in [1.165, 1.54) is 44.1 Å². The van der Waals surface area contributed by atoms with Crippen molar-refractivity contribution in [2.45, 2.75) is 51.4 Å². The van der Waals surface area contributed by atoms with Gasteiger partial charge in [0.05, 0.1) is 0 Å². The van der Waals surface area contributed by atoms with Gasteiger partial charge in [-0.05, 0) is 36.9 Å². The van der Waals surface area contributed by atoms with Crippen molar-refractivity contribution in [3.05, 3.63) is 30.1 Å². The van der Waals surface area contributed by atoms with E-state index in [1.54, 1.807) is 0 Å². The Morgan fingerprint density at radius 3 is 2.67 bits per heavy atom. The minimum absolute atomic E-state index is 0.650. The third kappa shape index (κ3) is 3.81. The molecule has 1 aliphatic rings. The fraction of sp³-hybridized carbons (Fsp3) is 0.688. The van der Waals surface area contributed by atoms with Gasteiger partial charge < -0.3 is 5.32 Å². The van der Waals surface area contributed by atoms with Crippen LogP contribution in [0.25, 0.3) is 0 Å². The van der Waals surface area contributed by atoms with Crippen LogP contribution >= 0.6 is 0 Å². The fourth-order valence-corrected chi connectivity index (χ4v) is 3.17.